The molecular formula is C20H19N3O4. The largest absolute Gasteiger partial charge is 0.446 e. The number of carbonyl (C=O) groups is 2. The molecule has 0 saturated carbocycles. The van der Waals surface area contributed by atoms with Gasteiger partial charge >= 0.3 is 5.97 Å². The molecule has 0 spiro atoms. The van der Waals surface area contributed by atoms with Gasteiger partial charge < -0.3 is 9.64 Å². The van der Waals surface area contributed by atoms with E-state index in [2.05, 4.69) is 4.98 Å². The molecule has 0 aliphatic rings. The van der Waals surface area contributed by atoms with Gasteiger partial charge in [0.05, 0.1) is 17.2 Å². The normalized spacial score (nSPS) is 11.8. The van der Waals surface area contributed by atoms with Gasteiger partial charge in [-0.1, -0.05) is 42.5 Å². The number of esters is 1. The first-order valence-electron chi connectivity index (χ1n) is 8.37. The van der Waals surface area contributed by atoms with Crippen LogP contribution in [0.2, 0.25) is 0 Å². The summed E-state index contributed by atoms with van der Waals surface area (Å²) in [6.45, 7) is -0.333. The van der Waals surface area contributed by atoms with Crippen molar-refractivity contribution in [2.45, 2.75) is 12.6 Å². The predicted molar refractivity (Wildman–Crippen MR) is 100.0 cm³/mol. The zero-order chi connectivity index (χ0) is 19.4. The molecule has 1 amide bonds. The minimum Gasteiger partial charge on any atom is -0.446 e. The summed E-state index contributed by atoms with van der Waals surface area (Å²) in [4.78, 5) is 42.9. The van der Waals surface area contributed by atoms with Gasteiger partial charge in [0.15, 0.2) is 0 Å². The number of likely N-dealkylation sites (N-methyl/N-ethyl adjacent to an activating group) is 1. The van der Waals surface area contributed by atoms with Crippen molar-refractivity contribution in [3.05, 3.63) is 76.8 Å². The van der Waals surface area contributed by atoms with Crippen LogP contribution in [0.3, 0.4) is 0 Å². The van der Waals surface area contributed by atoms with E-state index in [0.29, 0.717) is 16.5 Å². The second-order valence-corrected chi connectivity index (χ2v) is 6.21. The zero-order valence-corrected chi connectivity index (χ0v) is 15.0. The van der Waals surface area contributed by atoms with Crippen LogP contribution < -0.4 is 5.56 Å². The maximum absolute atomic E-state index is 12.5. The lowest BCUT2D eigenvalue weighted by Gasteiger charge is -2.21. The highest BCUT2D eigenvalue weighted by atomic mass is 16.5. The predicted octanol–water partition coefficient (Wildman–Crippen LogP) is 1.77. The number of para-hydroxylation sites is 1. The maximum Gasteiger partial charge on any atom is 0.327 e. The Morgan fingerprint density at radius 1 is 1.07 bits per heavy atom. The summed E-state index contributed by atoms with van der Waals surface area (Å²) >= 11 is 0. The average Bonchev–Trinajstić information content (AvgIpc) is 2.68. The lowest BCUT2D eigenvalue weighted by atomic mass is 10.1. The van der Waals surface area contributed by atoms with Crippen LogP contribution in [0.5, 0.6) is 0 Å². The molecule has 27 heavy (non-hydrogen) atoms. The molecule has 3 aromatic rings. The summed E-state index contributed by atoms with van der Waals surface area (Å²) in [5.74, 6) is -1.06. The summed E-state index contributed by atoms with van der Waals surface area (Å²) < 4.78 is 6.59. The van der Waals surface area contributed by atoms with E-state index in [1.54, 1.807) is 62.6 Å². The first-order valence-corrected chi connectivity index (χ1v) is 8.37. The van der Waals surface area contributed by atoms with Gasteiger partial charge in [0.2, 0.25) is 6.10 Å². The lowest BCUT2D eigenvalue weighted by Crippen LogP contribution is -2.33. The molecule has 0 N–H and O–H groups in total. The van der Waals surface area contributed by atoms with E-state index in [9.17, 15) is 14.4 Å². The maximum atomic E-state index is 12.5. The van der Waals surface area contributed by atoms with Crippen LogP contribution in [-0.2, 0) is 20.9 Å². The highest BCUT2D eigenvalue weighted by Gasteiger charge is 2.26. The van der Waals surface area contributed by atoms with E-state index in [4.69, 9.17) is 4.74 Å². The number of rotatable bonds is 5. The van der Waals surface area contributed by atoms with Crippen molar-refractivity contribution in [3.8, 4) is 0 Å². The number of carbonyl (C=O) groups excluding carboxylic acids is 2. The number of fused-ring (bicyclic) bond motifs is 1. The number of benzene rings is 2. The zero-order valence-electron chi connectivity index (χ0n) is 15.0. The third-order valence-electron chi connectivity index (χ3n) is 4.05. The van der Waals surface area contributed by atoms with Crippen molar-refractivity contribution in [2.24, 2.45) is 0 Å². The minimum absolute atomic E-state index is 0.333. The minimum atomic E-state index is -1.07. The van der Waals surface area contributed by atoms with Crippen molar-refractivity contribution < 1.29 is 14.3 Å². The molecule has 7 nitrogen and oxygen atoms in total. The number of amides is 1. The molecular weight excluding hydrogens is 346 g/mol. The first kappa shape index (κ1) is 18.3. The van der Waals surface area contributed by atoms with Crippen LogP contribution in [0.25, 0.3) is 10.9 Å². The van der Waals surface area contributed by atoms with Crippen LogP contribution in [-0.4, -0.2) is 40.4 Å². The van der Waals surface area contributed by atoms with Crippen LogP contribution >= 0.6 is 0 Å². The van der Waals surface area contributed by atoms with Crippen molar-refractivity contribution >= 4 is 22.8 Å². The van der Waals surface area contributed by atoms with E-state index < -0.39 is 12.1 Å². The van der Waals surface area contributed by atoms with Crippen molar-refractivity contribution in [2.75, 3.05) is 14.1 Å². The Morgan fingerprint density at radius 2 is 1.74 bits per heavy atom. The quantitative estimate of drug-likeness (QED) is 0.644. The second kappa shape index (κ2) is 7.82. The third-order valence-corrected chi connectivity index (χ3v) is 4.05. The van der Waals surface area contributed by atoms with Gasteiger partial charge in [-0.2, -0.15) is 0 Å². The molecule has 138 valence electrons. The summed E-state index contributed by atoms with van der Waals surface area (Å²) in [7, 11) is 3.17. The highest BCUT2D eigenvalue weighted by Crippen LogP contribution is 2.19. The molecule has 0 aliphatic heterocycles. The van der Waals surface area contributed by atoms with E-state index in [1.807, 2.05) is 6.07 Å². The third kappa shape index (κ3) is 4.03. The molecule has 1 aromatic heterocycles. The monoisotopic (exact) mass is 365 g/mol. The second-order valence-electron chi connectivity index (χ2n) is 6.21. The van der Waals surface area contributed by atoms with Crippen LogP contribution in [0.15, 0.2) is 65.7 Å². The standard InChI is InChI=1S/C20H19N3O4/c1-22(2)20(26)18(14-8-4-3-5-9-14)27-17(24)12-23-13-21-16-11-7-6-10-15(16)19(23)25/h3-11,13,18H,12H2,1-2H3/t18-/m0/s1. The molecule has 1 heterocycles. The van der Waals surface area contributed by atoms with Crippen molar-refractivity contribution in [3.63, 3.8) is 0 Å². The van der Waals surface area contributed by atoms with Crippen molar-refractivity contribution in [1.82, 2.24) is 14.5 Å². The Hall–Kier alpha value is -3.48. The van der Waals surface area contributed by atoms with E-state index in [1.165, 1.54) is 15.8 Å². The summed E-state index contributed by atoms with van der Waals surface area (Å²) in [6, 6.07) is 15.6. The van der Waals surface area contributed by atoms with E-state index >= 15 is 0 Å². The number of ether oxygens (including phenoxy) is 1. The molecule has 0 bridgehead atoms. The number of hydrogen-bond donors (Lipinski definition) is 0. The average molecular weight is 365 g/mol. The first-order chi connectivity index (χ1) is 13.0. The molecule has 1 atom stereocenters. The fourth-order valence-corrected chi connectivity index (χ4v) is 2.65. The van der Waals surface area contributed by atoms with Gasteiger partial charge in [0.25, 0.3) is 11.5 Å². The molecule has 2 aromatic carbocycles. The molecule has 7 heteroatoms. The topological polar surface area (TPSA) is 81.5 Å². The fourth-order valence-electron chi connectivity index (χ4n) is 2.65. The number of hydrogen-bond acceptors (Lipinski definition) is 5. The lowest BCUT2D eigenvalue weighted by molar-refractivity contribution is -0.160. The van der Waals surface area contributed by atoms with Gasteiger partial charge in [0, 0.05) is 19.7 Å². The SMILES string of the molecule is CN(C)C(=O)[C@@H](OC(=O)Cn1cnc2ccccc2c1=O)c1ccccc1. The Balaban J connectivity index is 1.84. The number of aromatic nitrogens is 2. The van der Waals surface area contributed by atoms with Crippen LogP contribution in [0.4, 0.5) is 0 Å². The number of nitrogens with zero attached hydrogens (tertiary/aromatic N) is 3. The summed E-state index contributed by atoms with van der Waals surface area (Å²) in [6.07, 6.45) is 0.231. The van der Waals surface area contributed by atoms with Crippen LogP contribution in [0, 0.1) is 0 Å². The van der Waals surface area contributed by atoms with Gasteiger partial charge in [-0.05, 0) is 12.1 Å². The Kier molecular flexibility index (Phi) is 5.30. The highest BCUT2D eigenvalue weighted by molar-refractivity contribution is 5.85. The Morgan fingerprint density at radius 3 is 2.44 bits per heavy atom. The Bertz CT molecular complexity index is 1030. The summed E-state index contributed by atoms with van der Waals surface area (Å²) in [5, 5.41) is 0.414. The molecule has 0 saturated heterocycles. The van der Waals surface area contributed by atoms with Gasteiger partial charge in [-0.15, -0.1) is 0 Å². The molecule has 0 aliphatic carbocycles. The fraction of sp³-hybridized carbons (Fsp3) is 0.200. The summed E-state index contributed by atoms with van der Waals surface area (Å²) in [5.41, 5.74) is 0.776. The molecule has 0 radical (unpaired) electrons. The van der Waals surface area contributed by atoms with Crippen LogP contribution in [0.1, 0.15) is 11.7 Å². The molecule has 3 rings (SSSR count). The Labute approximate surface area is 155 Å². The van der Waals surface area contributed by atoms with E-state index in [0.717, 1.165) is 0 Å². The van der Waals surface area contributed by atoms with Gasteiger partial charge in [-0.3, -0.25) is 19.0 Å². The molecule has 0 unspecified atom stereocenters. The van der Waals surface area contributed by atoms with Crippen molar-refractivity contribution in [1.29, 1.82) is 0 Å². The van der Waals surface area contributed by atoms with Gasteiger partial charge in [-0.25, -0.2) is 4.98 Å². The van der Waals surface area contributed by atoms with E-state index in [-0.39, 0.29) is 18.0 Å². The molecule has 0 fully saturated rings. The smallest absolute Gasteiger partial charge is 0.327 e. The van der Waals surface area contributed by atoms with Gasteiger partial charge in [0.1, 0.15) is 6.54 Å².